The fraction of sp³-hybridized carbons (Fsp3) is 0.0526. The number of fused-ring (bicyclic) bond motifs is 1. The Labute approximate surface area is 156 Å². The lowest BCUT2D eigenvalue weighted by molar-refractivity contribution is -0.137. The number of rotatable bonds is 3. The first-order valence-electron chi connectivity index (χ1n) is 8.15. The van der Waals surface area contributed by atoms with Crippen LogP contribution in [0.3, 0.4) is 0 Å². The van der Waals surface area contributed by atoms with Crippen molar-refractivity contribution in [2.75, 3.05) is 5.32 Å². The van der Waals surface area contributed by atoms with E-state index in [1.54, 1.807) is 18.2 Å². The van der Waals surface area contributed by atoms with Crippen molar-refractivity contribution in [2.45, 2.75) is 6.18 Å². The van der Waals surface area contributed by atoms with Crippen LogP contribution in [0.25, 0.3) is 22.4 Å². The SMILES string of the molecule is O=C(Nc1cnccn1)c1cccc2[nH]c(-c3cccc(C(F)(F)F)c3)nc12. The van der Waals surface area contributed by atoms with E-state index in [1.165, 1.54) is 30.7 Å². The third-order valence-corrected chi connectivity index (χ3v) is 4.03. The molecule has 6 nitrogen and oxygen atoms in total. The molecule has 0 aliphatic rings. The molecule has 140 valence electrons. The fourth-order valence-corrected chi connectivity index (χ4v) is 2.74. The lowest BCUT2D eigenvalue weighted by atomic mass is 10.1. The molecule has 0 saturated heterocycles. The van der Waals surface area contributed by atoms with Crippen LogP contribution in [0.2, 0.25) is 0 Å². The van der Waals surface area contributed by atoms with Gasteiger partial charge in [-0.15, -0.1) is 0 Å². The average Bonchev–Trinajstić information content (AvgIpc) is 3.12. The van der Waals surface area contributed by atoms with Gasteiger partial charge in [-0.25, -0.2) is 9.97 Å². The van der Waals surface area contributed by atoms with E-state index in [0.717, 1.165) is 12.1 Å². The highest BCUT2D eigenvalue weighted by atomic mass is 19.4. The predicted octanol–water partition coefficient (Wildman–Crippen LogP) is 4.29. The van der Waals surface area contributed by atoms with E-state index in [9.17, 15) is 18.0 Å². The van der Waals surface area contributed by atoms with Crippen LogP contribution in [0.1, 0.15) is 15.9 Å². The molecule has 0 fully saturated rings. The number of aromatic nitrogens is 4. The van der Waals surface area contributed by atoms with Gasteiger partial charge in [0, 0.05) is 18.0 Å². The molecule has 9 heteroatoms. The summed E-state index contributed by atoms with van der Waals surface area (Å²) < 4.78 is 38.9. The second-order valence-electron chi connectivity index (χ2n) is 5.91. The van der Waals surface area contributed by atoms with Gasteiger partial charge < -0.3 is 10.3 Å². The predicted molar refractivity (Wildman–Crippen MR) is 96.5 cm³/mol. The van der Waals surface area contributed by atoms with Gasteiger partial charge in [0.1, 0.15) is 11.3 Å². The van der Waals surface area contributed by atoms with Crippen LogP contribution in [0, 0.1) is 0 Å². The Morgan fingerprint density at radius 2 is 1.89 bits per heavy atom. The van der Waals surface area contributed by atoms with Gasteiger partial charge in [0.15, 0.2) is 5.82 Å². The van der Waals surface area contributed by atoms with Crippen molar-refractivity contribution < 1.29 is 18.0 Å². The first-order chi connectivity index (χ1) is 13.4. The summed E-state index contributed by atoms with van der Waals surface area (Å²) in [5.41, 5.74) is 0.630. The molecular weight excluding hydrogens is 371 g/mol. The van der Waals surface area contributed by atoms with E-state index < -0.39 is 17.6 Å². The van der Waals surface area contributed by atoms with Crippen molar-refractivity contribution in [3.63, 3.8) is 0 Å². The smallest absolute Gasteiger partial charge is 0.338 e. The summed E-state index contributed by atoms with van der Waals surface area (Å²) in [5.74, 6) is 0.0622. The van der Waals surface area contributed by atoms with Gasteiger partial charge in [-0.3, -0.25) is 9.78 Å². The highest BCUT2D eigenvalue weighted by molar-refractivity contribution is 6.11. The lowest BCUT2D eigenvalue weighted by Gasteiger charge is -2.07. The quantitative estimate of drug-likeness (QED) is 0.553. The van der Waals surface area contributed by atoms with Crippen molar-refractivity contribution in [1.82, 2.24) is 19.9 Å². The number of aromatic amines is 1. The number of amides is 1. The van der Waals surface area contributed by atoms with E-state index in [1.807, 2.05) is 0 Å². The van der Waals surface area contributed by atoms with Gasteiger partial charge >= 0.3 is 6.18 Å². The van der Waals surface area contributed by atoms with Crippen molar-refractivity contribution in [1.29, 1.82) is 0 Å². The molecular formula is C19H12F3N5O. The van der Waals surface area contributed by atoms with Crippen LogP contribution < -0.4 is 5.32 Å². The first-order valence-corrected chi connectivity index (χ1v) is 8.15. The molecule has 4 rings (SSSR count). The molecule has 0 saturated carbocycles. The monoisotopic (exact) mass is 383 g/mol. The Morgan fingerprint density at radius 1 is 1.07 bits per heavy atom. The molecule has 0 aliphatic heterocycles. The van der Waals surface area contributed by atoms with Crippen LogP contribution in [0.5, 0.6) is 0 Å². The Balaban J connectivity index is 1.73. The van der Waals surface area contributed by atoms with Gasteiger partial charge in [-0.05, 0) is 24.3 Å². The number of carbonyl (C=O) groups is 1. The van der Waals surface area contributed by atoms with Crippen LogP contribution in [-0.2, 0) is 6.18 Å². The molecule has 0 radical (unpaired) electrons. The third-order valence-electron chi connectivity index (χ3n) is 4.03. The minimum atomic E-state index is -4.45. The zero-order valence-corrected chi connectivity index (χ0v) is 14.2. The summed E-state index contributed by atoms with van der Waals surface area (Å²) in [5, 5.41) is 2.61. The van der Waals surface area contributed by atoms with Crippen molar-refractivity contribution >= 4 is 22.8 Å². The number of carbonyl (C=O) groups excluding carboxylic acids is 1. The average molecular weight is 383 g/mol. The number of halogens is 3. The molecule has 0 atom stereocenters. The molecule has 0 unspecified atom stereocenters. The van der Waals surface area contributed by atoms with E-state index >= 15 is 0 Å². The molecule has 2 heterocycles. The first kappa shape index (κ1) is 17.7. The number of hydrogen-bond acceptors (Lipinski definition) is 4. The maximum Gasteiger partial charge on any atom is 0.416 e. The van der Waals surface area contributed by atoms with Crippen molar-refractivity contribution in [3.05, 3.63) is 72.2 Å². The Morgan fingerprint density at radius 3 is 2.64 bits per heavy atom. The molecule has 0 spiro atoms. The van der Waals surface area contributed by atoms with E-state index in [-0.39, 0.29) is 22.8 Å². The number of hydrogen-bond donors (Lipinski definition) is 2. The molecule has 2 N–H and O–H groups in total. The molecule has 2 aromatic carbocycles. The van der Waals surface area contributed by atoms with Crippen LogP contribution in [0.4, 0.5) is 19.0 Å². The summed E-state index contributed by atoms with van der Waals surface area (Å²) in [7, 11) is 0. The fourth-order valence-electron chi connectivity index (χ4n) is 2.74. The van der Waals surface area contributed by atoms with Crippen LogP contribution in [0.15, 0.2) is 61.1 Å². The van der Waals surface area contributed by atoms with Gasteiger partial charge in [-0.2, -0.15) is 13.2 Å². The molecule has 2 aromatic heterocycles. The highest BCUT2D eigenvalue weighted by Gasteiger charge is 2.30. The van der Waals surface area contributed by atoms with Crippen LogP contribution in [-0.4, -0.2) is 25.8 Å². The molecule has 1 amide bonds. The number of alkyl halides is 3. The van der Waals surface area contributed by atoms with E-state index in [0.29, 0.717) is 11.0 Å². The second kappa shape index (κ2) is 6.76. The van der Waals surface area contributed by atoms with Gasteiger partial charge in [0.05, 0.1) is 22.8 Å². The van der Waals surface area contributed by atoms with E-state index in [4.69, 9.17) is 0 Å². The molecule has 0 aliphatic carbocycles. The zero-order chi connectivity index (χ0) is 19.7. The van der Waals surface area contributed by atoms with Gasteiger partial charge in [0.2, 0.25) is 0 Å². The number of anilines is 1. The summed E-state index contributed by atoms with van der Waals surface area (Å²) in [6, 6.07) is 9.76. The number of imidazole rings is 1. The minimum absolute atomic E-state index is 0.237. The third kappa shape index (κ3) is 3.41. The van der Waals surface area contributed by atoms with Crippen LogP contribution >= 0.6 is 0 Å². The summed E-state index contributed by atoms with van der Waals surface area (Å²) >= 11 is 0. The number of para-hydroxylation sites is 1. The topological polar surface area (TPSA) is 83.6 Å². The Bertz CT molecular complexity index is 1160. The van der Waals surface area contributed by atoms with Crippen molar-refractivity contribution in [3.8, 4) is 11.4 Å². The molecule has 28 heavy (non-hydrogen) atoms. The van der Waals surface area contributed by atoms with Crippen molar-refractivity contribution in [2.24, 2.45) is 0 Å². The molecule has 0 bridgehead atoms. The standard InChI is InChI=1S/C19H12F3N5O/c20-19(21,22)12-4-1-3-11(9-12)17-25-14-6-2-5-13(16(14)27-17)18(28)26-15-10-23-7-8-24-15/h1-10H,(H,25,27)(H,24,26,28). The van der Waals surface area contributed by atoms with Gasteiger partial charge in [0.25, 0.3) is 5.91 Å². The maximum absolute atomic E-state index is 13.0. The zero-order valence-electron chi connectivity index (χ0n) is 14.2. The van der Waals surface area contributed by atoms with E-state index in [2.05, 4.69) is 25.3 Å². The highest BCUT2D eigenvalue weighted by Crippen LogP contribution is 2.32. The summed E-state index contributed by atoms with van der Waals surface area (Å²) in [6.07, 6.45) is -0.137. The Kier molecular flexibility index (Phi) is 4.26. The number of nitrogens with zero attached hydrogens (tertiary/aromatic N) is 3. The number of H-pyrrole nitrogens is 1. The summed E-state index contributed by atoms with van der Waals surface area (Å²) in [6.45, 7) is 0. The Hall–Kier alpha value is -3.75. The number of nitrogens with one attached hydrogen (secondary N) is 2. The second-order valence-corrected chi connectivity index (χ2v) is 5.91. The minimum Gasteiger partial charge on any atom is -0.338 e. The maximum atomic E-state index is 13.0. The normalized spacial score (nSPS) is 11.5. The van der Waals surface area contributed by atoms with Gasteiger partial charge in [-0.1, -0.05) is 18.2 Å². The lowest BCUT2D eigenvalue weighted by Crippen LogP contribution is -2.13. The molecule has 4 aromatic rings. The largest absolute Gasteiger partial charge is 0.416 e. The summed E-state index contributed by atoms with van der Waals surface area (Å²) in [4.78, 5) is 27.7. The number of benzene rings is 2.